The van der Waals surface area contributed by atoms with Gasteiger partial charge in [0.1, 0.15) is 0 Å². The van der Waals surface area contributed by atoms with Crippen LogP contribution < -0.4 is 4.90 Å². The maximum Gasteiger partial charge on any atom is 0.338 e. The van der Waals surface area contributed by atoms with E-state index in [2.05, 4.69) is 18.7 Å². The van der Waals surface area contributed by atoms with E-state index < -0.39 is 5.97 Å². The van der Waals surface area contributed by atoms with Gasteiger partial charge in [0.25, 0.3) is 0 Å². The predicted molar refractivity (Wildman–Crippen MR) is 89.6 cm³/mol. The number of hydrogen-bond donors (Lipinski definition) is 1. The lowest BCUT2D eigenvalue weighted by Crippen LogP contribution is -2.34. The smallest absolute Gasteiger partial charge is 0.338 e. The quantitative estimate of drug-likeness (QED) is 0.785. The zero-order valence-electron chi connectivity index (χ0n) is 13.0. The Balaban J connectivity index is 2.20. The van der Waals surface area contributed by atoms with Gasteiger partial charge in [-0.3, -0.25) is 0 Å². The van der Waals surface area contributed by atoms with Gasteiger partial charge in [0.2, 0.25) is 0 Å². The van der Waals surface area contributed by atoms with Crippen molar-refractivity contribution in [2.45, 2.75) is 44.4 Å². The van der Waals surface area contributed by atoms with Crippen LogP contribution in [-0.2, 0) is 0 Å². The van der Waals surface area contributed by atoms with Crippen molar-refractivity contribution in [1.82, 2.24) is 0 Å². The van der Waals surface area contributed by atoms with Crippen molar-refractivity contribution in [2.24, 2.45) is 5.92 Å². The molecule has 0 saturated carbocycles. The molecule has 116 valence electrons. The fraction of sp³-hybridized carbons (Fsp3) is 0.588. The Morgan fingerprint density at radius 2 is 2.05 bits per heavy atom. The second-order valence-electron chi connectivity index (χ2n) is 5.61. The predicted octanol–water partition coefficient (Wildman–Crippen LogP) is 4.51. The molecule has 1 aromatic rings. The minimum absolute atomic E-state index is 0.485. The van der Waals surface area contributed by atoms with Gasteiger partial charge in [0.05, 0.1) is 11.3 Å². The number of carboxylic acid groups (broad SMARTS) is 1. The molecule has 0 radical (unpaired) electrons. The average molecular weight is 307 g/mol. The fourth-order valence-corrected chi connectivity index (χ4v) is 3.97. The molecule has 1 aliphatic rings. The van der Waals surface area contributed by atoms with Crippen LogP contribution in [0, 0.1) is 5.92 Å². The minimum atomic E-state index is -0.808. The minimum Gasteiger partial charge on any atom is -0.478 e. The summed E-state index contributed by atoms with van der Waals surface area (Å²) in [6, 6.07) is 5.87. The highest BCUT2D eigenvalue weighted by Crippen LogP contribution is 2.33. The summed E-state index contributed by atoms with van der Waals surface area (Å²) in [5.74, 6) is 0.896. The first kappa shape index (κ1) is 16.2. The Kier molecular flexibility index (Phi) is 5.97. The summed E-state index contributed by atoms with van der Waals surface area (Å²) < 4.78 is 0. The molecule has 1 aliphatic heterocycles. The van der Waals surface area contributed by atoms with Gasteiger partial charge in [-0.05, 0) is 36.6 Å². The van der Waals surface area contributed by atoms with Crippen molar-refractivity contribution in [3.05, 3.63) is 23.8 Å². The normalized spacial score (nSPS) is 16.2. The number of thioether (sulfide) groups is 1. The molecule has 1 fully saturated rings. The molecule has 0 spiro atoms. The molecule has 0 atom stereocenters. The first-order valence-electron chi connectivity index (χ1n) is 7.91. The molecular formula is C17H25NO2S. The molecule has 1 heterocycles. The van der Waals surface area contributed by atoms with Crippen LogP contribution in [0.15, 0.2) is 23.1 Å². The molecule has 21 heavy (non-hydrogen) atoms. The monoisotopic (exact) mass is 307 g/mol. The van der Waals surface area contributed by atoms with Crippen LogP contribution in [0.5, 0.6) is 0 Å². The van der Waals surface area contributed by atoms with Crippen LogP contribution in [0.2, 0.25) is 0 Å². The molecule has 0 unspecified atom stereocenters. The van der Waals surface area contributed by atoms with Crippen LogP contribution in [-0.4, -0.2) is 29.9 Å². The molecule has 0 aliphatic carbocycles. The zero-order valence-corrected chi connectivity index (χ0v) is 13.8. The van der Waals surface area contributed by atoms with Crippen LogP contribution in [0.25, 0.3) is 0 Å². The Bertz CT molecular complexity index is 482. The van der Waals surface area contributed by atoms with Crippen molar-refractivity contribution in [1.29, 1.82) is 0 Å². The number of benzene rings is 1. The van der Waals surface area contributed by atoms with Gasteiger partial charge in [0, 0.05) is 18.0 Å². The van der Waals surface area contributed by atoms with Gasteiger partial charge in [-0.2, -0.15) is 0 Å². The first-order chi connectivity index (χ1) is 10.2. The van der Waals surface area contributed by atoms with E-state index in [4.69, 9.17) is 0 Å². The van der Waals surface area contributed by atoms with Crippen LogP contribution in [0.4, 0.5) is 5.69 Å². The van der Waals surface area contributed by atoms with Crippen LogP contribution >= 0.6 is 11.8 Å². The topological polar surface area (TPSA) is 40.5 Å². The Morgan fingerprint density at radius 1 is 1.33 bits per heavy atom. The van der Waals surface area contributed by atoms with E-state index in [9.17, 15) is 9.90 Å². The van der Waals surface area contributed by atoms with Gasteiger partial charge in [0.15, 0.2) is 0 Å². The Labute approximate surface area is 131 Å². The lowest BCUT2D eigenvalue weighted by Gasteiger charge is -2.34. The highest BCUT2D eigenvalue weighted by Gasteiger charge is 2.24. The first-order valence-corrected chi connectivity index (χ1v) is 8.90. The molecule has 0 amide bonds. The summed E-state index contributed by atoms with van der Waals surface area (Å²) >= 11 is 1.61. The summed E-state index contributed by atoms with van der Waals surface area (Å²) in [4.78, 5) is 14.8. The molecule has 0 bridgehead atoms. The standard InChI is InChI=1S/C17H25NO2S/c1-3-6-13-9-11-18(12-10-13)14-7-5-8-15(21-4-2)16(14)17(19)20/h5,7-8,13H,3-4,6,9-12H2,1-2H3,(H,19,20). The zero-order chi connectivity index (χ0) is 15.2. The van der Waals surface area contributed by atoms with E-state index in [1.165, 1.54) is 25.7 Å². The number of carbonyl (C=O) groups is 1. The van der Waals surface area contributed by atoms with Crippen molar-refractivity contribution in [2.75, 3.05) is 23.7 Å². The fourth-order valence-electron chi connectivity index (χ4n) is 3.14. The van der Waals surface area contributed by atoms with E-state index in [0.29, 0.717) is 5.56 Å². The van der Waals surface area contributed by atoms with Crippen molar-refractivity contribution < 1.29 is 9.90 Å². The lowest BCUT2D eigenvalue weighted by molar-refractivity contribution is 0.0693. The van der Waals surface area contributed by atoms with Gasteiger partial charge in [-0.25, -0.2) is 4.79 Å². The van der Waals surface area contributed by atoms with Crippen molar-refractivity contribution in [3.63, 3.8) is 0 Å². The van der Waals surface area contributed by atoms with E-state index in [1.807, 2.05) is 18.2 Å². The number of piperidine rings is 1. The number of nitrogens with zero attached hydrogens (tertiary/aromatic N) is 1. The second kappa shape index (κ2) is 7.74. The average Bonchev–Trinajstić information content (AvgIpc) is 2.48. The number of carboxylic acids is 1. The third-order valence-corrected chi connectivity index (χ3v) is 5.11. The number of anilines is 1. The van der Waals surface area contributed by atoms with E-state index >= 15 is 0 Å². The molecular weight excluding hydrogens is 282 g/mol. The molecule has 2 rings (SSSR count). The van der Waals surface area contributed by atoms with E-state index in [0.717, 1.165) is 35.3 Å². The Morgan fingerprint density at radius 3 is 2.62 bits per heavy atom. The molecule has 1 aromatic carbocycles. The lowest BCUT2D eigenvalue weighted by atomic mass is 9.92. The number of hydrogen-bond acceptors (Lipinski definition) is 3. The molecule has 3 nitrogen and oxygen atoms in total. The molecule has 1 saturated heterocycles. The largest absolute Gasteiger partial charge is 0.478 e. The van der Waals surface area contributed by atoms with Gasteiger partial charge in [-0.15, -0.1) is 11.8 Å². The summed E-state index contributed by atoms with van der Waals surface area (Å²) in [5, 5.41) is 9.60. The molecule has 1 N–H and O–H groups in total. The van der Waals surface area contributed by atoms with Gasteiger partial charge >= 0.3 is 5.97 Å². The van der Waals surface area contributed by atoms with Crippen LogP contribution in [0.1, 0.15) is 49.9 Å². The number of rotatable bonds is 6. The van der Waals surface area contributed by atoms with Crippen molar-refractivity contribution in [3.8, 4) is 0 Å². The molecule has 4 heteroatoms. The third-order valence-electron chi connectivity index (χ3n) is 4.17. The second-order valence-corrected chi connectivity index (χ2v) is 6.91. The SMILES string of the molecule is CCCC1CCN(c2cccc(SCC)c2C(=O)O)CC1. The molecule has 0 aromatic heterocycles. The highest BCUT2D eigenvalue weighted by atomic mass is 32.2. The van der Waals surface area contributed by atoms with E-state index in [1.54, 1.807) is 11.8 Å². The van der Waals surface area contributed by atoms with Crippen molar-refractivity contribution >= 4 is 23.4 Å². The van der Waals surface area contributed by atoms with Gasteiger partial charge in [-0.1, -0.05) is 32.8 Å². The highest BCUT2D eigenvalue weighted by molar-refractivity contribution is 7.99. The summed E-state index contributed by atoms with van der Waals surface area (Å²) in [6.07, 6.45) is 4.90. The van der Waals surface area contributed by atoms with E-state index in [-0.39, 0.29) is 0 Å². The van der Waals surface area contributed by atoms with Crippen LogP contribution in [0.3, 0.4) is 0 Å². The Hall–Kier alpha value is -1.16. The van der Waals surface area contributed by atoms with Gasteiger partial charge < -0.3 is 10.0 Å². The summed E-state index contributed by atoms with van der Waals surface area (Å²) in [5.41, 5.74) is 1.38. The number of aromatic carboxylic acids is 1. The maximum absolute atomic E-state index is 11.7. The summed E-state index contributed by atoms with van der Waals surface area (Å²) in [7, 11) is 0. The third kappa shape index (κ3) is 3.94. The summed E-state index contributed by atoms with van der Waals surface area (Å²) in [6.45, 7) is 6.25. The maximum atomic E-state index is 11.7.